The summed E-state index contributed by atoms with van der Waals surface area (Å²) in [6, 6.07) is 7.32. The first-order chi connectivity index (χ1) is 14.0. The predicted molar refractivity (Wildman–Crippen MR) is 112 cm³/mol. The van der Waals surface area contributed by atoms with Crippen molar-refractivity contribution >= 4 is 23.4 Å². The second kappa shape index (κ2) is 9.33. The van der Waals surface area contributed by atoms with Crippen LogP contribution in [0.2, 0.25) is 0 Å². The number of pyridine rings is 2. The number of urea groups is 1. The predicted octanol–water partition coefficient (Wildman–Crippen LogP) is 1.22. The zero-order chi connectivity index (χ0) is 20.8. The lowest BCUT2D eigenvalue weighted by molar-refractivity contribution is 0.0958. The maximum absolute atomic E-state index is 11.7. The molecule has 0 bridgehead atoms. The molecule has 1 fully saturated rings. The van der Waals surface area contributed by atoms with E-state index in [9.17, 15) is 9.59 Å². The average Bonchev–Trinajstić information content (AvgIpc) is 2.74. The molecule has 1 aliphatic rings. The van der Waals surface area contributed by atoms with Crippen molar-refractivity contribution in [1.29, 1.82) is 0 Å². The molecule has 0 aliphatic carbocycles. The van der Waals surface area contributed by atoms with Gasteiger partial charge in [0.1, 0.15) is 11.5 Å². The Balaban J connectivity index is 1.58. The number of nitrogens with zero attached hydrogens (tertiary/aromatic N) is 4. The molecular formula is C20H27N7O2. The van der Waals surface area contributed by atoms with E-state index in [0.717, 1.165) is 49.7 Å². The Morgan fingerprint density at radius 1 is 1.07 bits per heavy atom. The largest absolute Gasteiger partial charge is 0.368 e. The molecule has 3 heterocycles. The van der Waals surface area contributed by atoms with Crippen molar-refractivity contribution in [1.82, 2.24) is 25.5 Å². The van der Waals surface area contributed by atoms with Crippen LogP contribution in [-0.4, -0.2) is 67.1 Å². The van der Waals surface area contributed by atoms with Crippen LogP contribution < -0.4 is 20.9 Å². The number of carbonyl (C=O) groups excluding carboxylic acids is 2. The zero-order valence-electron chi connectivity index (χ0n) is 17.0. The van der Waals surface area contributed by atoms with Gasteiger partial charge in [-0.1, -0.05) is 0 Å². The molecule has 0 aromatic carbocycles. The SMILES string of the molecule is CNC(=O)Nc1cc(CN2CCN(c3ccc(C(=O)NC)nc3C)CC2)ccn1. The Hall–Kier alpha value is -3.20. The summed E-state index contributed by atoms with van der Waals surface area (Å²) in [6.45, 7) is 6.33. The van der Waals surface area contributed by atoms with Gasteiger partial charge in [0.2, 0.25) is 0 Å². The molecular weight excluding hydrogens is 370 g/mol. The number of hydrogen-bond acceptors (Lipinski definition) is 6. The summed E-state index contributed by atoms with van der Waals surface area (Å²) < 4.78 is 0. The second-order valence-electron chi connectivity index (χ2n) is 6.90. The minimum absolute atomic E-state index is 0.174. The number of anilines is 2. The molecule has 0 spiro atoms. The maximum atomic E-state index is 11.7. The molecule has 3 amide bonds. The van der Waals surface area contributed by atoms with Gasteiger partial charge in [-0.15, -0.1) is 0 Å². The number of nitrogens with one attached hydrogen (secondary N) is 3. The molecule has 3 rings (SSSR count). The first-order valence-corrected chi connectivity index (χ1v) is 9.61. The molecule has 1 saturated heterocycles. The van der Waals surface area contributed by atoms with Crippen molar-refractivity contribution in [3.05, 3.63) is 47.4 Å². The van der Waals surface area contributed by atoms with Crippen LogP contribution in [0.5, 0.6) is 0 Å². The van der Waals surface area contributed by atoms with Crippen LogP contribution >= 0.6 is 0 Å². The Kier molecular flexibility index (Phi) is 6.61. The van der Waals surface area contributed by atoms with Crippen molar-refractivity contribution in [2.24, 2.45) is 0 Å². The van der Waals surface area contributed by atoms with E-state index in [1.807, 2.05) is 25.1 Å². The van der Waals surface area contributed by atoms with E-state index in [1.165, 1.54) is 0 Å². The quantitative estimate of drug-likeness (QED) is 0.701. The third-order valence-corrected chi connectivity index (χ3v) is 4.93. The highest BCUT2D eigenvalue weighted by Crippen LogP contribution is 2.21. The molecule has 1 aliphatic heterocycles. The fourth-order valence-electron chi connectivity index (χ4n) is 3.37. The lowest BCUT2D eigenvalue weighted by Crippen LogP contribution is -2.46. The molecule has 0 saturated carbocycles. The van der Waals surface area contributed by atoms with Crippen LogP contribution in [0.25, 0.3) is 0 Å². The number of aromatic nitrogens is 2. The Morgan fingerprint density at radius 2 is 1.83 bits per heavy atom. The van der Waals surface area contributed by atoms with Gasteiger partial charge in [0, 0.05) is 53.0 Å². The zero-order valence-corrected chi connectivity index (χ0v) is 17.0. The minimum Gasteiger partial charge on any atom is -0.368 e. The third-order valence-electron chi connectivity index (χ3n) is 4.93. The number of aryl methyl sites for hydroxylation is 1. The molecule has 9 nitrogen and oxygen atoms in total. The lowest BCUT2D eigenvalue weighted by Gasteiger charge is -2.36. The highest BCUT2D eigenvalue weighted by Gasteiger charge is 2.20. The summed E-state index contributed by atoms with van der Waals surface area (Å²) in [7, 11) is 3.18. The van der Waals surface area contributed by atoms with Crippen molar-refractivity contribution in [3.8, 4) is 0 Å². The van der Waals surface area contributed by atoms with Crippen LogP contribution in [0.3, 0.4) is 0 Å². The van der Waals surface area contributed by atoms with Crippen molar-refractivity contribution in [2.45, 2.75) is 13.5 Å². The Morgan fingerprint density at radius 3 is 2.48 bits per heavy atom. The van der Waals surface area contributed by atoms with Crippen LogP contribution in [0, 0.1) is 6.92 Å². The van der Waals surface area contributed by atoms with E-state index < -0.39 is 0 Å². The smallest absolute Gasteiger partial charge is 0.320 e. The van der Waals surface area contributed by atoms with E-state index >= 15 is 0 Å². The summed E-state index contributed by atoms with van der Waals surface area (Å²) in [5.41, 5.74) is 3.47. The molecule has 0 atom stereocenters. The second-order valence-corrected chi connectivity index (χ2v) is 6.90. The van der Waals surface area contributed by atoms with Gasteiger partial charge in [-0.05, 0) is 36.8 Å². The normalized spacial score (nSPS) is 14.4. The number of rotatable bonds is 5. The summed E-state index contributed by atoms with van der Waals surface area (Å²) in [6.07, 6.45) is 1.71. The molecule has 0 radical (unpaired) electrons. The van der Waals surface area contributed by atoms with Crippen molar-refractivity contribution in [2.75, 3.05) is 50.5 Å². The van der Waals surface area contributed by atoms with Crippen LogP contribution in [0.1, 0.15) is 21.7 Å². The van der Waals surface area contributed by atoms with E-state index in [0.29, 0.717) is 11.5 Å². The summed E-state index contributed by atoms with van der Waals surface area (Å²) >= 11 is 0. The molecule has 3 N–H and O–H groups in total. The van der Waals surface area contributed by atoms with Gasteiger partial charge in [0.25, 0.3) is 5.91 Å². The summed E-state index contributed by atoms with van der Waals surface area (Å²) in [5, 5.41) is 7.82. The summed E-state index contributed by atoms with van der Waals surface area (Å²) in [5.74, 6) is 0.366. The van der Waals surface area contributed by atoms with Crippen LogP contribution in [0.15, 0.2) is 30.5 Å². The van der Waals surface area contributed by atoms with Gasteiger partial charge in [-0.25, -0.2) is 14.8 Å². The number of piperazine rings is 1. The Labute approximate surface area is 170 Å². The average molecular weight is 397 g/mol. The molecule has 0 unspecified atom stereocenters. The van der Waals surface area contributed by atoms with E-state index in [1.54, 1.807) is 26.4 Å². The van der Waals surface area contributed by atoms with Crippen molar-refractivity contribution in [3.63, 3.8) is 0 Å². The molecule has 2 aromatic heterocycles. The number of carbonyl (C=O) groups is 2. The fourth-order valence-corrected chi connectivity index (χ4v) is 3.37. The van der Waals surface area contributed by atoms with E-state index in [-0.39, 0.29) is 11.9 Å². The van der Waals surface area contributed by atoms with Gasteiger partial charge >= 0.3 is 6.03 Å². The molecule has 2 aromatic rings. The third kappa shape index (κ3) is 5.20. The van der Waals surface area contributed by atoms with Gasteiger partial charge in [0.15, 0.2) is 0 Å². The van der Waals surface area contributed by atoms with Gasteiger partial charge < -0.3 is 15.5 Å². The molecule has 9 heteroatoms. The van der Waals surface area contributed by atoms with E-state index in [2.05, 4.69) is 35.7 Å². The number of hydrogen-bond donors (Lipinski definition) is 3. The Bertz CT molecular complexity index is 879. The van der Waals surface area contributed by atoms with Crippen molar-refractivity contribution < 1.29 is 9.59 Å². The minimum atomic E-state index is -0.283. The standard InChI is InChI=1S/C20H27N7O2/c1-14-17(5-4-16(24-14)19(28)21-2)27-10-8-26(9-11-27)13-15-6-7-23-18(12-15)25-20(29)22-3/h4-7,12H,8-11,13H2,1-3H3,(H,21,28)(H2,22,23,25,29). The van der Waals surface area contributed by atoms with Gasteiger partial charge in [-0.2, -0.15) is 0 Å². The highest BCUT2D eigenvalue weighted by atomic mass is 16.2. The van der Waals surface area contributed by atoms with Gasteiger partial charge in [0.05, 0.1) is 11.4 Å². The van der Waals surface area contributed by atoms with Crippen LogP contribution in [-0.2, 0) is 6.54 Å². The van der Waals surface area contributed by atoms with E-state index in [4.69, 9.17) is 0 Å². The van der Waals surface area contributed by atoms with Crippen LogP contribution in [0.4, 0.5) is 16.3 Å². The molecule has 154 valence electrons. The number of amides is 3. The fraction of sp³-hybridized carbons (Fsp3) is 0.400. The lowest BCUT2D eigenvalue weighted by atomic mass is 10.2. The first-order valence-electron chi connectivity index (χ1n) is 9.61. The topological polar surface area (TPSA) is 102 Å². The first kappa shape index (κ1) is 20.5. The monoisotopic (exact) mass is 397 g/mol. The highest BCUT2D eigenvalue weighted by molar-refractivity contribution is 5.92. The molecule has 29 heavy (non-hydrogen) atoms. The van der Waals surface area contributed by atoms with Gasteiger partial charge in [-0.3, -0.25) is 15.0 Å². The summed E-state index contributed by atoms with van der Waals surface area (Å²) in [4.78, 5) is 36.5. The maximum Gasteiger partial charge on any atom is 0.320 e.